The third kappa shape index (κ3) is 1.57. The van der Waals surface area contributed by atoms with Gasteiger partial charge >= 0.3 is 5.63 Å². The van der Waals surface area contributed by atoms with Crippen LogP contribution in [0.25, 0.3) is 32.8 Å². The molecule has 0 fully saturated rings. The zero-order valence-corrected chi connectivity index (χ0v) is 12.3. The number of nitrogens with zero attached hydrogens (tertiary/aromatic N) is 2. The van der Waals surface area contributed by atoms with Crippen LogP contribution in [0.3, 0.4) is 0 Å². The number of aromatic nitrogens is 2. The van der Waals surface area contributed by atoms with Crippen molar-refractivity contribution in [3.63, 3.8) is 0 Å². The molecule has 110 valence electrons. The molecule has 4 rings (SSSR count). The largest absolute Gasteiger partial charge is 0.497 e. The number of rotatable bonds is 1. The molecule has 1 aromatic carbocycles. The number of fused-ring (bicyclic) bond motifs is 5. The quantitative estimate of drug-likeness (QED) is 0.396. The molecule has 0 saturated carbocycles. The second-order valence-electron chi connectivity index (χ2n) is 5.15. The summed E-state index contributed by atoms with van der Waals surface area (Å²) in [5.41, 5.74) is 1.71. The first-order valence-electron chi connectivity index (χ1n) is 6.77. The Bertz CT molecular complexity index is 1110. The Labute approximate surface area is 124 Å². The summed E-state index contributed by atoms with van der Waals surface area (Å²) in [6, 6.07) is 5.39. The second kappa shape index (κ2) is 4.30. The van der Waals surface area contributed by atoms with Gasteiger partial charge in [-0.25, -0.2) is 9.78 Å². The highest BCUT2D eigenvalue weighted by Gasteiger charge is 2.19. The van der Waals surface area contributed by atoms with Gasteiger partial charge < -0.3 is 13.7 Å². The van der Waals surface area contributed by atoms with Crippen LogP contribution in [0.4, 0.5) is 0 Å². The Morgan fingerprint density at radius 2 is 1.91 bits per heavy atom. The van der Waals surface area contributed by atoms with E-state index in [9.17, 15) is 4.79 Å². The number of benzene rings is 1. The van der Waals surface area contributed by atoms with Gasteiger partial charge in [-0.1, -0.05) is 5.16 Å². The van der Waals surface area contributed by atoms with E-state index in [2.05, 4.69) is 10.1 Å². The lowest BCUT2D eigenvalue weighted by Crippen LogP contribution is -2.04. The summed E-state index contributed by atoms with van der Waals surface area (Å²) in [5.74, 6) is 0.624. The van der Waals surface area contributed by atoms with Gasteiger partial charge in [0.15, 0.2) is 0 Å². The lowest BCUT2D eigenvalue weighted by Gasteiger charge is -2.07. The van der Waals surface area contributed by atoms with Crippen LogP contribution in [0.2, 0.25) is 0 Å². The first kappa shape index (κ1) is 12.8. The summed E-state index contributed by atoms with van der Waals surface area (Å²) in [7, 11) is 1.57. The number of hydrogen-bond donors (Lipinski definition) is 0. The number of hydrogen-bond acceptors (Lipinski definition) is 6. The van der Waals surface area contributed by atoms with Crippen LogP contribution < -0.4 is 10.4 Å². The third-order valence-electron chi connectivity index (χ3n) is 3.84. The van der Waals surface area contributed by atoms with Crippen molar-refractivity contribution in [1.82, 2.24) is 10.1 Å². The van der Waals surface area contributed by atoms with Crippen molar-refractivity contribution in [2.24, 2.45) is 0 Å². The van der Waals surface area contributed by atoms with E-state index in [4.69, 9.17) is 13.7 Å². The van der Waals surface area contributed by atoms with Gasteiger partial charge in [0.25, 0.3) is 5.71 Å². The van der Waals surface area contributed by atoms with Crippen molar-refractivity contribution in [2.45, 2.75) is 13.8 Å². The summed E-state index contributed by atoms with van der Waals surface area (Å²) in [5, 5.41) is 6.72. The minimum Gasteiger partial charge on any atom is -0.497 e. The van der Waals surface area contributed by atoms with E-state index in [1.54, 1.807) is 20.1 Å². The number of aryl methyl sites for hydroxylation is 2. The lowest BCUT2D eigenvalue weighted by molar-refractivity contribution is 0.414. The van der Waals surface area contributed by atoms with Crippen LogP contribution in [-0.4, -0.2) is 17.3 Å². The van der Waals surface area contributed by atoms with Gasteiger partial charge in [-0.05, 0) is 26.0 Å². The van der Waals surface area contributed by atoms with E-state index in [0.717, 1.165) is 16.2 Å². The molecule has 6 heteroatoms. The predicted octanol–water partition coefficient (Wildman–Crippen LogP) is 3.11. The molecule has 4 aromatic rings. The van der Waals surface area contributed by atoms with Crippen molar-refractivity contribution in [3.8, 4) is 5.75 Å². The number of pyridine rings is 1. The molecule has 0 spiro atoms. The molecule has 22 heavy (non-hydrogen) atoms. The first-order chi connectivity index (χ1) is 10.6. The average Bonchev–Trinajstić information content (AvgIpc) is 2.87. The Kier molecular flexibility index (Phi) is 2.51. The van der Waals surface area contributed by atoms with Crippen LogP contribution in [0, 0.1) is 13.8 Å². The molecule has 0 aliphatic carbocycles. The molecular formula is C16H12N2O4. The molecule has 3 heterocycles. The molecule has 0 N–H and O–H groups in total. The average molecular weight is 296 g/mol. The van der Waals surface area contributed by atoms with Gasteiger partial charge in [-0.15, -0.1) is 0 Å². The van der Waals surface area contributed by atoms with Crippen LogP contribution >= 0.6 is 0 Å². The summed E-state index contributed by atoms with van der Waals surface area (Å²) in [6.45, 7) is 3.58. The molecular weight excluding hydrogens is 284 g/mol. The SMILES string of the molecule is COc1ccc2c(c1)oc(=O)c1c(C)nc3onc(C)c3c12. The van der Waals surface area contributed by atoms with Gasteiger partial charge in [-0.3, -0.25) is 0 Å². The standard InChI is InChI=1S/C16H12N2O4/c1-7-13-14(12-8(2)18-22-15(12)17-7)10-5-4-9(20-3)6-11(10)21-16(13)19/h4-6H,1-3H3. The third-order valence-corrected chi connectivity index (χ3v) is 3.84. The highest BCUT2D eigenvalue weighted by molar-refractivity contribution is 6.18. The maximum absolute atomic E-state index is 12.4. The minimum atomic E-state index is -0.428. The molecule has 0 unspecified atom stereocenters. The van der Waals surface area contributed by atoms with Gasteiger partial charge in [-0.2, -0.15) is 0 Å². The summed E-state index contributed by atoms with van der Waals surface area (Å²) in [6.07, 6.45) is 0. The van der Waals surface area contributed by atoms with E-state index >= 15 is 0 Å². The Morgan fingerprint density at radius 3 is 2.68 bits per heavy atom. The highest BCUT2D eigenvalue weighted by atomic mass is 16.5. The molecule has 3 aromatic heterocycles. The molecule has 0 atom stereocenters. The fourth-order valence-electron chi connectivity index (χ4n) is 2.83. The molecule has 0 bridgehead atoms. The van der Waals surface area contributed by atoms with Crippen molar-refractivity contribution < 1.29 is 13.7 Å². The Balaban J connectivity index is 2.37. The first-order valence-corrected chi connectivity index (χ1v) is 6.77. The maximum atomic E-state index is 12.4. The van der Waals surface area contributed by atoms with Gasteiger partial charge in [0.1, 0.15) is 11.3 Å². The van der Waals surface area contributed by atoms with E-state index < -0.39 is 5.63 Å². The van der Waals surface area contributed by atoms with E-state index in [-0.39, 0.29) is 0 Å². The van der Waals surface area contributed by atoms with Crippen molar-refractivity contribution >= 4 is 32.8 Å². The molecule has 0 saturated heterocycles. The van der Waals surface area contributed by atoms with E-state index in [0.29, 0.717) is 33.8 Å². The zero-order valence-electron chi connectivity index (χ0n) is 12.3. The number of methoxy groups -OCH3 is 1. The summed E-state index contributed by atoms with van der Waals surface area (Å²) in [4.78, 5) is 16.7. The lowest BCUT2D eigenvalue weighted by atomic mass is 10.0. The molecule has 6 nitrogen and oxygen atoms in total. The van der Waals surface area contributed by atoms with Gasteiger partial charge in [0.2, 0.25) is 0 Å². The summed E-state index contributed by atoms with van der Waals surface area (Å²) < 4.78 is 15.9. The molecule has 0 aliphatic heterocycles. The van der Waals surface area contributed by atoms with Gasteiger partial charge in [0.05, 0.1) is 29.3 Å². The van der Waals surface area contributed by atoms with Crippen LogP contribution in [0.1, 0.15) is 11.4 Å². The normalized spacial score (nSPS) is 11.6. The minimum absolute atomic E-state index is 0.421. The fraction of sp³-hybridized carbons (Fsp3) is 0.188. The molecule has 0 aliphatic rings. The topological polar surface area (TPSA) is 78.4 Å². The predicted molar refractivity (Wildman–Crippen MR) is 81.4 cm³/mol. The Morgan fingerprint density at radius 1 is 1.09 bits per heavy atom. The van der Waals surface area contributed by atoms with Crippen LogP contribution in [0.5, 0.6) is 5.75 Å². The smallest absolute Gasteiger partial charge is 0.346 e. The van der Waals surface area contributed by atoms with E-state index in [1.807, 2.05) is 19.1 Å². The van der Waals surface area contributed by atoms with Crippen molar-refractivity contribution in [3.05, 3.63) is 40.0 Å². The molecule has 0 amide bonds. The zero-order chi connectivity index (χ0) is 15.4. The van der Waals surface area contributed by atoms with Crippen LogP contribution in [0.15, 0.2) is 31.9 Å². The van der Waals surface area contributed by atoms with Crippen molar-refractivity contribution in [2.75, 3.05) is 7.11 Å². The fourth-order valence-corrected chi connectivity index (χ4v) is 2.83. The summed E-state index contributed by atoms with van der Waals surface area (Å²) >= 11 is 0. The maximum Gasteiger partial charge on any atom is 0.346 e. The number of ether oxygens (including phenoxy) is 1. The van der Waals surface area contributed by atoms with Crippen LogP contribution in [-0.2, 0) is 0 Å². The Hall–Kier alpha value is -2.89. The second-order valence-corrected chi connectivity index (χ2v) is 5.15. The monoisotopic (exact) mass is 296 g/mol. The van der Waals surface area contributed by atoms with E-state index in [1.165, 1.54) is 0 Å². The van der Waals surface area contributed by atoms with Gasteiger partial charge in [0, 0.05) is 16.8 Å². The van der Waals surface area contributed by atoms with Crippen molar-refractivity contribution in [1.29, 1.82) is 0 Å². The highest BCUT2D eigenvalue weighted by Crippen LogP contribution is 2.33. The molecule has 0 radical (unpaired) electrons.